The second-order valence-corrected chi connectivity index (χ2v) is 4.45. The number of carbonyl (C=O) groups excluding carboxylic acids is 1. The predicted octanol–water partition coefficient (Wildman–Crippen LogP) is 0.196. The Morgan fingerprint density at radius 1 is 1.75 bits per heavy atom. The molecule has 5 heteroatoms. The van der Waals surface area contributed by atoms with Crippen molar-refractivity contribution in [1.82, 2.24) is 15.1 Å². The molecule has 1 saturated carbocycles. The Morgan fingerprint density at radius 2 is 2.44 bits per heavy atom. The summed E-state index contributed by atoms with van der Waals surface area (Å²) in [6.45, 7) is 2.35. The maximum atomic E-state index is 12.0. The first-order valence-electron chi connectivity index (χ1n) is 5.63. The Balaban J connectivity index is 2.04. The van der Waals surface area contributed by atoms with E-state index in [1.165, 1.54) is 12.8 Å². The second kappa shape index (κ2) is 4.25. The minimum Gasteiger partial charge on any atom is -0.348 e. The van der Waals surface area contributed by atoms with Crippen LogP contribution < -0.4 is 11.1 Å². The van der Waals surface area contributed by atoms with Gasteiger partial charge in [-0.1, -0.05) is 0 Å². The van der Waals surface area contributed by atoms with Gasteiger partial charge in [-0.3, -0.25) is 9.48 Å². The van der Waals surface area contributed by atoms with Crippen LogP contribution in [0, 0.1) is 12.8 Å². The van der Waals surface area contributed by atoms with Gasteiger partial charge in [0.2, 0.25) is 0 Å². The third kappa shape index (κ3) is 2.24. The molecule has 2 rings (SSSR count). The molecule has 0 saturated heterocycles. The van der Waals surface area contributed by atoms with Crippen LogP contribution in [0.3, 0.4) is 0 Å². The molecular weight excluding hydrogens is 204 g/mol. The van der Waals surface area contributed by atoms with Crippen molar-refractivity contribution >= 4 is 5.91 Å². The number of aromatic nitrogens is 2. The van der Waals surface area contributed by atoms with Crippen LogP contribution in [-0.2, 0) is 7.05 Å². The molecule has 0 aromatic carbocycles. The van der Waals surface area contributed by atoms with Crippen LogP contribution in [0.4, 0.5) is 0 Å². The van der Waals surface area contributed by atoms with Crippen LogP contribution >= 0.6 is 0 Å². The molecule has 1 aromatic heterocycles. The molecule has 0 spiro atoms. The van der Waals surface area contributed by atoms with Crippen LogP contribution in [0.25, 0.3) is 0 Å². The summed E-state index contributed by atoms with van der Waals surface area (Å²) in [6.07, 6.45) is 4.09. The molecule has 5 nitrogen and oxygen atoms in total. The average Bonchev–Trinajstić information content (AvgIpc) is 3.01. The quantitative estimate of drug-likeness (QED) is 0.764. The van der Waals surface area contributed by atoms with Gasteiger partial charge in [0, 0.05) is 25.8 Å². The number of amides is 1. The summed E-state index contributed by atoms with van der Waals surface area (Å²) in [5, 5.41) is 7.13. The normalized spacial score (nSPS) is 17.2. The zero-order valence-electron chi connectivity index (χ0n) is 9.73. The fourth-order valence-corrected chi connectivity index (χ4v) is 1.94. The summed E-state index contributed by atoms with van der Waals surface area (Å²) in [6, 6.07) is 0.118. The lowest BCUT2D eigenvalue weighted by atomic mass is 10.1. The van der Waals surface area contributed by atoms with Crippen molar-refractivity contribution in [2.75, 3.05) is 6.54 Å². The number of nitrogens with zero attached hydrogens (tertiary/aromatic N) is 2. The Labute approximate surface area is 95.0 Å². The highest BCUT2D eigenvalue weighted by Gasteiger charge is 2.31. The Hall–Kier alpha value is -1.36. The number of carbonyl (C=O) groups is 1. The number of hydrogen-bond donors (Lipinski definition) is 2. The molecule has 1 heterocycles. The highest BCUT2D eigenvalue weighted by Crippen LogP contribution is 2.32. The molecule has 0 bridgehead atoms. The van der Waals surface area contributed by atoms with Crippen molar-refractivity contribution in [3.8, 4) is 0 Å². The predicted molar refractivity (Wildman–Crippen MR) is 61.0 cm³/mol. The summed E-state index contributed by atoms with van der Waals surface area (Å²) in [5.74, 6) is 0.513. The van der Waals surface area contributed by atoms with Crippen molar-refractivity contribution in [2.24, 2.45) is 18.7 Å². The lowest BCUT2D eigenvalue weighted by molar-refractivity contribution is 0.0933. The van der Waals surface area contributed by atoms with Crippen LogP contribution in [-0.4, -0.2) is 28.3 Å². The van der Waals surface area contributed by atoms with E-state index in [4.69, 9.17) is 5.73 Å². The van der Waals surface area contributed by atoms with Gasteiger partial charge in [0.05, 0.1) is 11.3 Å². The van der Waals surface area contributed by atoms with Gasteiger partial charge in [-0.05, 0) is 25.7 Å². The molecule has 1 unspecified atom stereocenters. The highest BCUT2D eigenvalue weighted by atomic mass is 16.1. The smallest absolute Gasteiger partial charge is 0.255 e. The number of nitrogens with two attached hydrogens (primary N) is 1. The Kier molecular flexibility index (Phi) is 2.96. The summed E-state index contributed by atoms with van der Waals surface area (Å²) in [7, 11) is 1.81. The number of hydrogen-bond acceptors (Lipinski definition) is 3. The summed E-state index contributed by atoms with van der Waals surface area (Å²) in [5.41, 5.74) is 7.04. The first kappa shape index (κ1) is 11.1. The maximum absolute atomic E-state index is 12.0. The van der Waals surface area contributed by atoms with E-state index in [9.17, 15) is 4.79 Å². The first-order chi connectivity index (χ1) is 7.61. The van der Waals surface area contributed by atoms with Gasteiger partial charge in [-0.2, -0.15) is 5.10 Å². The molecule has 1 aromatic rings. The van der Waals surface area contributed by atoms with Gasteiger partial charge >= 0.3 is 0 Å². The van der Waals surface area contributed by atoms with Gasteiger partial charge < -0.3 is 11.1 Å². The molecule has 0 aliphatic heterocycles. The second-order valence-electron chi connectivity index (χ2n) is 4.45. The van der Waals surface area contributed by atoms with Gasteiger partial charge in [0.1, 0.15) is 0 Å². The molecule has 0 radical (unpaired) electrons. The van der Waals surface area contributed by atoms with E-state index in [1.54, 1.807) is 10.9 Å². The average molecular weight is 222 g/mol. The van der Waals surface area contributed by atoms with Gasteiger partial charge in [0.25, 0.3) is 5.91 Å². The summed E-state index contributed by atoms with van der Waals surface area (Å²) >= 11 is 0. The number of nitrogens with one attached hydrogen (secondary N) is 1. The third-order valence-corrected chi connectivity index (χ3v) is 3.02. The molecule has 1 aliphatic rings. The molecule has 1 amide bonds. The highest BCUT2D eigenvalue weighted by molar-refractivity contribution is 5.95. The van der Waals surface area contributed by atoms with E-state index in [2.05, 4.69) is 10.4 Å². The maximum Gasteiger partial charge on any atom is 0.255 e. The monoisotopic (exact) mass is 222 g/mol. The summed E-state index contributed by atoms with van der Waals surface area (Å²) < 4.78 is 1.65. The van der Waals surface area contributed by atoms with E-state index < -0.39 is 0 Å². The Bertz CT molecular complexity index is 395. The van der Waals surface area contributed by atoms with Crippen molar-refractivity contribution in [1.29, 1.82) is 0 Å². The van der Waals surface area contributed by atoms with Crippen LogP contribution in [0.1, 0.15) is 28.9 Å². The van der Waals surface area contributed by atoms with Crippen LogP contribution in [0.5, 0.6) is 0 Å². The fourth-order valence-electron chi connectivity index (χ4n) is 1.94. The van der Waals surface area contributed by atoms with Crippen molar-refractivity contribution < 1.29 is 4.79 Å². The van der Waals surface area contributed by atoms with Gasteiger partial charge in [-0.25, -0.2) is 0 Å². The topological polar surface area (TPSA) is 72.9 Å². The lowest BCUT2D eigenvalue weighted by Crippen LogP contribution is -2.41. The minimum absolute atomic E-state index is 0.0621. The largest absolute Gasteiger partial charge is 0.348 e. The molecule has 3 N–H and O–H groups in total. The lowest BCUT2D eigenvalue weighted by Gasteiger charge is -2.15. The van der Waals surface area contributed by atoms with E-state index in [0.29, 0.717) is 18.0 Å². The zero-order chi connectivity index (χ0) is 11.7. The molecule has 1 atom stereocenters. The molecule has 88 valence electrons. The molecule has 1 aliphatic carbocycles. The van der Waals surface area contributed by atoms with Crippen LogP contribution in [0.15, 0.2) is 6.20 Å². The zero-order valence-corrected chi connectivity index (χ0v) is 9.73. The van der Waals surface area contributed by atoms with E-state index in [-0.39, 0.29) is 11.9 Å². The van der Waals surface area contributed by atoms with E-state index >= 15 is 0 Å². The standard InChI is InChI=1S/C11H18N4O/c1-7-9(6-15(2)14-7)11(16)13-10(5-12)8-3-4-8/h6,8,10H,3-5,12H2,1-2H3,(H,13,16). The summed E-state index contributed by atoms with van der Waals surface area (Å²) in [4.78, 5) is 12.0. The Morgan fingerprint density at radius 3 is 2.88 bits per heavy atom. The number of rotatable bonds is 4. The van der Waals surface area contributed by atoms with Crippen molar-refractivity contribution in [3.05, 3.63) is 17.5 Å². The first-order valence-corrected chi connectivity index (χ1v) is 5.63. The minimum atomic E-state index is -0.0621. The third-order valence-electron chi connectivity index (χ3n) is 3.02. The van der Waals surface area contributed by atoms with E-state index in [1.807, 2.05) is 14.0 Å². The molecule has 16 heavy (non-hydrogen) atoms. The van der Waals surface area contributed by atoms with Gasteiger partial charge in [0.15, 0.2) is 0 Å². The molecular formula is C11H18N4O. The molecule has 1 fully saturated rings. The SMILES string of the molecule is Cc1nn(C)cc1C(=O)NC(CN)C1CC1. The van der Waals surface area contributed by atoms with Crippen LogP contribution in [0.2, 0.25) is 0 Å². The van der Waals surface area contributed by atoms with Gasteiger partial charge in [-0.15, -0.1) is 0 Å². The number of aryl methyl sites for hydroxylation is 2. The van der Waals surface area contributed by atoms with Crippen molar-refractivity contribution in [2.45, 2.75) is 25.8 Å². The fraction of sp³-hybridized carbons (Fsp3) is 0.636. The van der Waals surface area contributed by atoms with Crippen molar-refractivity contribution in [3.63, 3.8) is 0 Å². The van der Waals surface area contributed by atoms with E-state index in [0.717, 1.165) is 5.69 Å².